The molecule has 2 aromatic rings. The molecule has 27 heavy (non-hydrogen) atoms. The highest BCUT2D eigenvalue weighted by atomic mass is 16.5. The van der Waals surface area contributed by atoms with Gasteiger partial charge in [-0.25, -0.2) is 4.79 Å². The smallest absolute Gasteiger partial charge is 0.339 e. The number of anilines is 1. The minimum Gasteiger partial charge on any atom is -0.465 e. The van der Waals surface area contributed by atoms with Crippen molar-refractivity contribution in [2.75, 3.05) is 12.4 Å². The van der Waals surface area contributed by atoms with E-state index in [0.717, 1.165) is 21.8 Å². The molecule has 1 amide bonds. The zero-order valence-electron chi connectivity index (χ0n) is 15.7. The van der Waals surface area contributed by atoms with Crippen molar-refractivity contribution in [3.05, 3.63) is 63.1 Å². The maximum atomic E-state index is 12.5. The Morgan fingerprint density at radius 3 is 2.63 bits per heavy atom. The number of aryl methyl sites for hydroxylation is 1. The number of para-hydroxylation sites is 1. The quantitative estimate of drug-likeness (QED) is 0.819. The molecule has 0 aliphatic heterocycles. The Bertz CT molecular complexity index is 984. The Kier molecular flexibility index (Phi) is 6.14. The van der Waals surface area contributed by atoms with Crippen LogP contribution in [0.4, 0.5) is 5.69 Å². The van der Waals surface area contributed by atoms with Crippen LogP contribution in [0.25, 0.3) is 0 Å². The van der Waals surface area contributed by atoms with Gasteiger partial charge in [0.25, 0.3) is 5.56 Å². The van der Waals surface area contributed by atoms with E-state index in [1.54, 1.807) is 6.07 Å². The fraction of sp³-hybridized carbons (Fsp3) is 0.300. The lowest BCUT2D eigenvalue weighted by Gasteiger charge is -2.17. The van der Waals surface area contributed by atoms with Crippen molar-refractivity contribution in [1.82, 2.24) is 4.57 Å². The van der Waals surface area contributed by atoms with E-state index in [9.17, 15) is 14.4 Å². The van der Waals surface area contributed by atoms with Crippen molar-refractivity contribution < 1.29 is 14.3 Å². The molecule has 1 N–H and O–H groups in total. The Morgan fingerprint density at radius 2 is 2.04 bits per heavy atom. The second-order valence-corrected chi connectivity index (χ2v) is 6.42. The third-order valence-corrected chi connectivity index (χ3v) is 4.13. The summed E-state index contributed by atoms with van der Waals surface area (Å²) in [5, 5.41) is 11.9. The summed E-state index contributed by atoms with van der Waals surface area (Å²) in [6.07, 6.45) is 1.22. The Balaban J connectivity index is 2.36. The van der Waals surface area contributed by atoms with E-state index in [2.05, 4.69) is 10.1 Å². The van der Waals surface area contributed by atoms with Gasteiger partial charge in [-0.05, 0) is 30.0 Å². The van der Waals surface area contributed by atoms with Crippen LogP contribution >= 0.6 is 0 Å². The molecule has 0 unspecified atom stereocenters. The van der Waals surface area contributed by atoms with Gasteiger partial charge in [0, 0.05) is 11.9 Å². The number of hydrogen-bond acceptors (Lipinski definition) is 5. The molecule has 0 saturated heterocycles. The molecule has 1 heterocycles. The molecule has 0 spiro atoms. The number of carbonyl (C=O) groups excluding carboxylic acids is 2. The van der Waals surface area contributed by atoms with Crippen LogP contribution in [0.5, 0.6) is 0 Å². The first kappa shape index (κ1) is 19.9. The van der Waals surface area contributed by atoms with Crippen molar-refractivity contribution in [1.29, 1.82) is 5.26 Å². The third kappa shape index (κ3) is 4.42. The number of rotatable bonds is 5. The van der Waals surface area contributed by atoms with Crippen LogP contribution in [-0.2, 0) is 16.1 Å². The first-order valence-electron chi connectivity index (χ1n) is 8.40. The van der Waals surface area contributed by atoms with Crippen LogP contribution in [0, 0.1) is 18.3 Å². The van der Waals surface area contributed by atoms with Gasteiger partial charge in [0.05, 0.1) is 12.7 Å². The van der Waals surface area contributed by atoms with Gasteiger partial charge < -0.3 is 14.6 Å². The molecule has 0 bridgehead atoms. The fourth-order valence-electron chi connectivity index (χ4n) is 2.74. The predicted molar refractivity (Wildman–Crippen MR) is 101 cm³/mol. The number of benzene rings is 1. The highest BCUT2D eigenvalue weighted by Crippen LogP contribution is 2.27. The third-order valence-electron chi connectivity index (χ3n) is 4.13. The Morgan fingerprint density at radius 1 is 1.33 bits per heavy atom. The Labute approximate surface area is 157 Å². The SMILES string of the molecule is COC(=O)c1cc(C#N)c(=O)n(CC(=O)Nc2c(C)cccc2C(C)C)c1. The van der Waals surface area contributed by atoms with E-state index < -0.39 is 17.4 Å². The topological polar surface area (TPSA) is 101 Å². The average Bonchev–Trinajstić information content (AvgIpc) is 2.64. The van der Waals surface area contributed by atoms with E-state index in [1.807, 2.05) is 39.0 Å². The number of pyridine rings is 1. The molecular formula is C20H21N3O4. The van der Waals surface area contributed by atoms with Gasteiger partial charge in [-0.1, -0.05) is 32.0 Å². The van der Waals surface area contributed by atoms with Gasteiger partial charge in [0.15, 0.2) is 0 Å². The molecule has 0 fully saturated rings. The molecule has 0 radical (unpaired) electrons. The van der Waals surface area contributed by atoms with Crippen molar-refractivity contribution in [2.24, 2.45) is 0 Å². The molecule has 0 aliphatic carbocycles. The van der Waals surface area contributed by atoms with Gasteiger partial charge in [-0.3, -0.25) is 9.59 Å². The highest BCUT2D eigenvalue weighted by Gasteiger charge is 2.16. The summed E-state index contributed by atoms with van der Waals surface area (Å²) >= 11 is 0. The lowest BCUT2D eigenvalue weighted by molar-refractivity contribution is -0.116. The van der Waals surface area contributed by atoms with Crippen LogP contribution < -0.4 is 10.9 Å². The van der Waals surface area contributed by atoms with E-state index in [0.29, 0.717) is 5.69 Å². The molecule has 0 atom stereocenters. The molecule has 1 aromatic heterocycles. The normalized spacial score (nSPS) is 10.4. The molecule has 2 rings (SSSR count). The number of carbonyl (C=O) groups is 2. The highest BCUT2D eigenvalue weighted by molar-refractivity contribution is 5.93. The number of ether oxygens (including phenoxy) is 1. The number of methoxy groups -OCH3 is 1. The number of nitrogens with one attached hydrogen (secondary N) is 1. The summed E-state index contributed by atoms with van der Waals surface area (Å²) in [4.78, 5) is 36.6. The minimum absolute atomic E-state index is 0.0280. The summed E-state index contributed by atoms with van der Waals surface area (Å²) in [6, 6.07) is 8.64. The van der Waals surface area contributed by atoms with Gasteiger partial charge in [-0.2, -0.15) is 5.26 Å². The van der Waals surface area contributed by atoms with Crippen molar-refractivity contribution in [2.45, 2.75) is 33.2 Å². The lowest BCUT2D eigenvalue weighted by Crippen LogP contribution is -2.30. The van der Waals surface area contributed by atoms with Crippen LogP contribution in [0.1, 0.15) is 46.8 Å². The summed E-state index contributed by atoms with van der Waals surface area (Å²) in [7, 11) is 1.20. The number of nitriles is 1. The van der Waals surface area contributed by atoms with Crippen LogP contribution in [0.2, 0.25) is 0 Å². The zero-order chi connectivity index (χ0) is 20.1. The van der Waals surface area contributed by atoms with Crippen molar-refractivity contribution >= 4 is 17.6 Å². The second-order valence-electron chi connectivity index (χ2n) is 6.42. The number of hydrogen-bond donors (Lipinski definition) is 1. The average molecular weight is 367 g/mol. The molecule has 140 valence electrons. The van der Waals surface area contributed by atoms with E-state index in [4.69, 9.17) is 5.26 Å². The predicted octanol–water partition coefficient (Wildman–Crippen LogP) is 2.58. The zero-order valence-corrected chi connectivity index (χ0v) is 15.7. The molecule has 0 saturated carbocycles. The largest absolute Gasteiger partial charge is 0.465 e. The molecule has 7 heteroatoms. The second kappa shape index (κ2) is 8.32. The summed E-state index contributed by atoms with van der Waals surface area (Å²) < 4.78 is 5.66. The Hall–Kier alpha value is -3.40. The maximum absolute atomic E-state index is 12.5. The van der Waals surface area contributed by atoms with E-state index in [1.165, 1.54) is 13.3 Å². The van der Waals surface area contributed by atoms with E-state index in [-0.39, 0.29) is 23.6 Å². The lowest BCUT2D eigenvalue weighted by atomic mass is 9.98. The number of esters is 1. The summed E-state index contributed by atoms with van der Waals surface area (Å²) in [5.74, 6) is -0.920. The van der Waals surface area contributed by atoms with Crippen LogP contribution in [0.3, 0.4) is 0 Å². The number of nitrogens with zero attached hydrogens (tertiary/aromatic N) is 2. The fourth-order valence-corrected chi connectivity index (χ4v) is 2.74. The van der Waals surface area contributed by atoms with Crippen molar-refractivity contribution in [3.63, 3.8) is 0 Å². The molecule has 0 aliphatic rings. The monoisotopic (exact) mass is 367 g/mol. The molecule has 7 nitrogen and oxygen atoms in total. The summed E-state index contributed by atoms with van der Waals surface area (Å²) in [6.45, 7) is 5.60. The van der Waals surface area contributed by atoms with Crippen LogP contribution in [0.15, 0.2) is 35.3 Å². The standard InChI is InChI=1S/C20H21N3O4/c1-12(2)16-7-5-6-13(3)18(16)22-17(24)11-23-10-15(20(26)27-4)8-14(9-21)19(23)25/h5-8,10,12H,11H2,1-4H3,(H,22,24). The van der Waals surface area contributed by atoms with E-state index >= 15 is 0 Å². The van der Waals surface area contributed by atoms with Crippen molar-refractivity contribution in [3.8, 4) is 6.07 Å². The van der Waals surface area contributed by atoms with Gasteiger partial charge in [0.2, 0.25) is 5.91 Å². The molecular weight excluding hydrogens is 346 g/mol. The van der Waals surface area contributed by atoms with Gasteiger partial charge in [-0.15, -0.1) is 0 Å². The van der Waals surface area contributed by atoms with Gasteiger partial charge in [0.1, 0.15) is 18.2 Å². The molecule has 1 aromatic carbocycles. The minimum atomic E-state index is -0.693. The van der Waals surface area contributed by atoms with Crippen LogP contribution in [-0.4, -0.2) is 23.6 Å². The number of aromatic nitrogens is 1. The van der Waals surface area contributed by atoms with Gasteiger partial charge >= 0.3 is 5.97 Å². The number of amides is 1. The first-order valence-corrected chi connectivity index (χ1v) is 8.40. The maximum Gasteiger partial charge on any atom is 0.339 e. The first-order chi connectivity index (χ1) is 12.8. The summed E-state index contributed by atoms with van der Waals surface area (Å²) in [5.41, 5.74) is 1.74.